The molecule has 100 valence electrons. The molecule has 0 unspecified atom stereocenters. The molecule has 0 amide bonds. The molecule has 0 fully saturated rings. The summed E-state index contributed by atoms with van der Waals surface area (Å²) in [4.78, 5) is 21.8. The van der Waals surface area contributed by atoms with Crippen molar-refractivity contribution in [2.45, 2.75) is 27.2 Å². The van der Waals surface area contributed by atoms with Crippen LogP contribution in [0, 0.1) is 26.9 Å². The van der Waals surface area contributed by atoms with E-state index in [1.807, 2.05) is 20.8 Å². The Morgan fingerprint density at radius 1 is 1.47 bits per heavy atom. The van der Waals surface area contributed by atoms with Crippen LogP contribution in [0.3, 0.4) is 0 Å². The zero-order chi connectivity index (χ0) is 14.6. The van der Waals surface area contributed by atoms with Gasteiger partial charge in [0.25, 0.3) is 0 Å². The molecule has 1 rings (SSSR count). The maximum Gasteiger partial charge on any atom is 0.313 e. The fraction of sp³-hybridized carbons (Fsp3) is 0.385. The number of hydrogen-bond acceptors (Lipinski definition) is 5. The van der Waals surface area contributed by atoms with E-state index in [0.717, 1.165) is 6.07 Å². The number of ether oxygens (including phenoxy) is 1. The van der Waals surface area contributed by atoms with Gasteiger partial charge in [-0.05, 0) is 17.5 Å². The van der Waals surface area contributed by atoms with Crippen molar-refractivity contribution in [3.63, 3.8) is 0 Å². The molecule has 0 aliphatic carbocycles. The summed E-state index contributed by atoms with van der Waals surface area (Å²) in [6.45, 7) is 5.59. The van der Waals surface area contributed by atoms with Crippen LogP contribution in [0.25, 0.3) is 0 Å². The van der Waals surface area contributed by atoms with Crippen LogP contribution in [0.2, 0.25) is 0 Å². The number of benzene rings is 1. The van der Waals surface area contributed by atoms with E-state index < -0.39 is 10.9 Å². The normalized spacial score (nSPS) is 10.6. The average molecular weight is 262 g/mol. The Kier molecular flexibility index (Phi) is 4.22. The van der Waals surface area contributed by atoms with Gasteiger partial charge in [-0.3, -0.25) is 14.9 Å². The molecule has 0 aliphatic rings. The number of esters is 1. The Morgan fingerprint density at radius 2 is 2.11 bits per heavy atom. The SMILES string of the molecule is CC(C)(C)CC(=O)Oc1ccc(C#N)cc1[N+](=O)[O-]. The molecule has 0 radical (unpaired) electrons. The molecule has 0 heterocycles. The molecule has 0 saturated heterocycles. The largest absolute Gasteiger partial charge is 0.419 e. The van der Waals surface area contributed by atoms with E-state index in [1.54, 1.807) is 6.07 Å². The van der Waals surface area contributed by atoms with Gasteiger partial charge in [0.2, 0.25) is 5.75 Å². The van der Waals surface area contributed by atoms with Crippen molar-refractivity contribution in [1.82, 2.24) is 0 Å². The third-order valence-corrected chi connectivity index (χ3v) is 2.18. The molecule has 1 aromatic carbocycles. The minimum Gasteiger partial charge on any atom is -0.419 e. The van der Waals surface area contributed by atoms with Crippen LogP contribution in [0.4, 0.5) is 5.69 Å². The van der Waals surface area contributed by atoms with Crippen LogP contribution in [-0.4, -0.2) is 10.9 Å². The van der Waals surface area contributed by atoms with Gasteiger partial charge in [-0.1, -0.05) is 20.8 Å². The van der Waals surface area contributed by atoms with Crippen LogP contribution in [0.5, 0.6) is 5.75 Å². The van der Waals surface area contributed by atoms with Gasteiger partial charge in [0, 0.05) is 6.07 Å². The Labute approximate surface area is 110 Å². The Morgan fingerprint density at radius 3 is 2.58 bits per heavy atom. The highest BCUT2D eigenvalue weighted by Gasteiger charge is 2.22. The fourth-order valence-electron chi connectivity index (χ4n) is 1.41. The molecule has 19 heavy (non-hydrogen) atoms. The van der Waals surface area contributed by atoms with Crippen molar-refractivity contribution in [2.75, 3.05) is 0 Å². The molecule has 0 aliphatic heterocycles. The second-order valence-corrected chi connectivity index (χ2v) is 5.26. The van der Waals surface area contributed by atoms with E-state index >= 15 is 0 Å². The first kappa shape index (κ1) is 14.6. The summed E-state index contributed by atoms with van der Waals surface area (Å²) in [6, 6.07) is 5.51. The third-order valence-electron chi connectivity index (χ3n) is 2.18. The lowest BCUT2D eigenvalue weighted by Gasteiger charge is -2.16. The van der Waals surface area contributed by atoms with Gasteiger partial charge in [-0.2, -0.15) is 5.26 Å². The summed E-state index contributed by atoms with van der Waals surface area (Å²) in [5.41, 5.74) is -0.512. The van der Waals surface area contributed by atoms with Gasteiger partial charge < -0.3 is 4.74 Å². The monoisotopic (exact) mass is 262 g/mol. The highest BCUT2D eigenvalue weighted by atomic mass is 16.6. The van der Waals surface area contributed by atoms with Crippen LogP contribution in [0.1, 0.15) is 32.8 Å². The predicted octanol–water partition coefficient (Wildman–Crippen LogP) is 2.81. The predicted molar refractivity (Wildman–Crippen MR) is 67.5 cm³/mol. The van der Waals surface area contributed by atoms with Crippen molar-refractivity contribution in [2.24, 2.45) is 5.41 Å². The number of carbonyl (C=O) groups is 1. The molecular weight excluding hydrogens is 248 g/mol. The topological polar surface area (TPSA) is 93.2 Å². The number of nitriles is 1. The number of carbonyl (C=O) groups excluding carboxylic acids is 1. The van der Waals surface area contributed by atoms with Crippen molar-refractivity contribution in [3.05, 3.63) is 33.9 Å². The summed E-state index contributed by atoms with van der Waals surface area (Å²) in [6.07, 6.45) is 0.143. The summed E-state index contributed by atoms with van der Waals surface area (Å²) in [5, 5.41) is 19.6. The maximum absolute atomic E-state index is 11.6. The first-order chi connectivity index (χ1) is 8.73. The molecule has 6 nitrogen and oxygen atoms in total. The minimum absolute atomic E-state index is 0.141. The second kappa shape index (κ2) is 5.48. The smallest absolute Gasteiger partial charge is 0.313 e. The van der Waals surface area contributed by atoms with E-state index in [2.05, 4.69) is 0 Å². The molecule has 0 bridgehead atoms. The molecular formula is C13H14N2O4. The fourth-order valence-corrected chi connectivity index (χ4v) is 1.41. The van der Waals surface area contributed by atoms with Crippen molar-refractivity contribution < 1.29 is 14.5 Å². The lowest BCUT2D eigenvalue weighted by molar-refractivity contribution is -0.385. The van der Waals surface area contributed by atoms with Gasteiger partial charge >= 0.3 is 11.7 Å². The van der Waals surface area contributed by atoms with Gasteiger partial charge in [-0.15, -0.1) is 0 Å². The summed E-state index contributed by atoms with van der Waals surface area (Å²) in [7, 11) is 0. The molecule has 6 heteroatoms. The molecule has 0 spiro atoms. The Balaban J connectivity index is 2.99. The average Bonchev–Trinajstić information content (AvgIpc) is 2.26. The molecule has 0 N–H and O–H groups in total. The Hall–Kier alpha value is -2.42. The summed E-state index contributed by atoms with van der Waals surface area (Å²) >= 11 is 0. The van der Waals surface area contributed by atoms with Crippen LogP contribution < -0.4 is 4.74 Å². The highest BCUT2D eigenvalue weighted by Crippen LogP contribution is 2.29. The molecule has 0 atom stereocenters. The number of nitro benzene ring substituents is 1. The van der Waals surface area contributed by atoms with Crippen LogP contribution >= 0.6 is 0 Å². The van der Waals surface area contributed by atoms with Crippen LogP contribution in [0.15, 0.2) is 18.2 Å². The lowest BCUT2D eigenvalue weighted by atomic mass is 9.92. The third kappa shape index (κ3) is 4.39. The van der Waals surface area contributed by atoms with Gasteiger partial charge in [0.15, 0.2) is 0 Å². The lowest BCUT2D eigenvalue weighted by Crippen LogP contribution is -2.18. The van der Waals surface area contributed by atoms with Gasteiger partial charge in [0.1, 0.15) is 0 Å². The zero-order valence-electron chi connectivity index (χ0n) is 11.0. The first-order valence-corrected chi connectivity index (χ1v) is 5.62. The van der Waals surface area contributed by atoms with Crippen LogP contribution in [-0.2, 0) is 4.79 Å². The molecule has 0 saturated carbocycles. The highest BCUT2D eigenvalue weighted by molar-refractivity contribution is 5.74. The molecule has 1 aromatic rings. The standard InChI is InChI=1S/C13H14N2O4/c1-13(2,3)7-12(16)19-11-5-4-9(8-14)6-10(11)15(17)18/h4-6H,7H2,1-3H3. The van der Waals surface area contributed by atoms with Crippen molar-refractivity contribution in [1.29, 1.82) is 5.26 Å². The molecule has 0 aromatic heterocycles. The van der Waals surface area contributed by atoms with E-state index in [9.17, 15) is 14.9 Å². The van der Waals surface area contributed by atoms with E-state index in [1.165, 1.54) is 12.1 Å². The van der Waals surface area contributed by atoms with Gasteiger partial charge in [-0.25, -0.2) is 0 Å². The number of hydrogen-bond donors (Lipinski definition) is 0. The number of nitro groups is 1. The quantitative estimate of drug-likeness (QED) is 0.361. The number of rotatable bonds is 3. The first-order valence-electron chi connectivity index (χ1n) is 5.62. The van der Waals surface area contributed by atoms with E-state index in [-0.39, 0.29) is 28.8 Å². The minimum atomic E-state index is -0.680. The number of nitrogens with zero attached hydrogens (tertiary/aromatic N) is 2. The maximum atomic E-state index is 11.6. The summed E-state index contributed by atoms with van der Waals surface area (Å²) < 4.78 is 4.99. The van der Waals surface area contributed by atoms with E-state index in [0.29, 0.717) is 0 Å². The van der Waals surface area contributed by atoms with Crippen molar-refractivity contribution in [3.8, 4) is 11.8 Å². The van der Waals surface area contributed by atoms with E-state index in [4.69, 9.17) is 10.00 Å². The van der Waals surface area contributed by atoms with Gasteiger partial charge in [0.05, 0.1) is 23.0 Å². The summed E-state index contributed by atoms with van der Waals surface area (Å²) in [5.74, 6) is -0.682. The van der Waals surface area contributed by atoms with Crippen molar-refractivity contribution >= 4 is 11.7 Å². The zero-order valence-corrected chi connectivity index (χ0v) is 11.0. The Bertz CT molecular complexity index is 553. The second-order valence-electron chi connectivity index (χ2n) is 5.26.